The Kier molecular flexibility index (Phi) is 3.58. The first-order valence-electron chi connectivity index (χ1n) is 6.76. The molecule has 2 N–H and O–H groups in total. The van der Waals surface area contributed by atoms with Crippen LogP contribution in [0.25, 0.3) is 11.4 Å². The highest BCUT2D eigenvalue weighted by Crippen LogP contribution is 2.32. The number of pyridine rings is 1. The number of anilines is 1. The van der Waals surface area contributed by atoms with E-state index in [4.69, 9.17) is 9.63 Å². The van der Waals surface area contributed by atoms with Crippen molar-refractivity contribution in [2.75, 3.05) is 18.0 Å². The summed E-state index contributed by atoms with van der Waals surface area (Å²) in [6.45, 7) is 0.812. The van der Waals surface area contributed by atoms with Crippen molar-refractivity contribution in [1.82, 2.24) is 20.4 Å². The lowest BCUT2D eigenvalue weighted by atomic mass is 10.1. The van der Waals surface area contributed by atoms with Crippen LogP contribution < -0.4 is 10.2 Å². The highest BCUT2D eigenvalue weighted by molar-refractivity contribution is 5.65. The maximum atomic E-state index is 12.9. The first kappa shape index (κ1) is 15.1. The van der Waals surface area contributed by atoms with Crippen LogP contribution in [-0.2, 0) is 0 Å². The zero-order valence-electron chi connectivity index (χ0n) is 12.0. The molecular formula is C13H13F2N5O3. The number of hydrogen-bond acceptors (Lipinski definition) is 6. The van der Waals surface area contributed by atoms with Crippen molar-refractivity contribution in [2.24, 2.45) is 0 Å². The van der Waals surface area contributed by atoms with Crippen molar-refractivity contribution in [3.8, 4) is 11.4 Å². The molecule has 1 unspecified atom stereocenters. The fraction of sp³-hybridized carbons (Fsp3) is 0.385. The van der Waals surface area contributed by atoms with Gasteiger partial charge in [-0.05, 0) is 19.1 Å². The summed E-state index contributed by atoms with van der Waals surface area (Å²) in [5.74, 6) is -1.95. The lowest BCUT2D eigenvalue weighted by Crippen LogP contribution is -2.56. The Morgan fingerprint density at radius 3 is 2.91 bits per heavy atom. The molecule has 3 heterocycles. The molecule has 23 heavy (non-hydrogen) atoms. The van der Waals surface area contributed by atoms with Gasteiger partial charge >= 0.3 is 6.09 Å². The summed E-state index contributed by atoms with van der Waals surface area (Å²) < 4.78 is 30.9. The number of nitrogens with zero attached hydrogens (tertiary/aromatic N) is 4. The van der Waals surface area contributed by atoms with Crippen molar-refractivity contribution in [1.29, 1.82) is 0 Å². The van der Waals surface area contributed by atoms with Gasteiger partial charge in [0.15, 0.2) is 0 Å². The second-order valence-corrected chi connectivity index (χ2v) is 5.24. The zero-order valence-corrected chi connectivity index (χ0v) is 12.0. The quantitative estimate of drug-likeness (QED) is 0.884. The van der Waals surface area contributed by atoms with Crippen molar-refractivity contribution in [2.45, 2.75) is 18.9 Å². The lowest BCUT2D eigenvalue weighted by molar-refractivity contribution is -0.0267. The molecule has 8 nitrogen and oxygen atoms in total. The fourth-order valence-corrected chi connectivity index (χ4v) is 2.18. The second kappa shape index (κ2) is 5.45. The van der Waals surface area contributed by atoms with Crippen LogP contribution in [0.2, 0.25) is 0 Å². The highest BCUT2D eigenvalue weighted by Gasteiger charge is 2.44. The van der Waals surface area contributed by atoms with Gasteiger partial charge in [0, 0.05) is 11.8 Å². The number of alkyl halides is 2. The molecule has 122 valence electrons. The lowest BCUT2D eigenvalue weighted by Gasteiger charge is -2.39. The number of halogens is 2. The Hall–Kier alpha value is -2.78. The topological polar surface area (TPSA) is 104 Å². The molecular weight excluding hydrogens is 312 g/mol. The van der Waals surface area contributed by atoms with E-state index in [2.05, 4.69) is 20.4 Å². The van der Waals surface area contributed by atoms with E-state index in [0.717, 1.165) is 0 Å². The molecule has 2 aromatic rings. The van der Waals surface area contributed by atoms with Crippen LogP contribution in [-0.4, -0.2) is 45.3 Å². The van der Waals surface area contributed by atoms with Gasteiger partial charge in [0.2, 0.25) is 11.7 Å². The van der Waals surface area contributed by atoms with Crippen LogP contribution in [0.15, 0.2) is 22.9 Å². The number of amides is 1. The van der Waals surface area contributed by atoms with E-state index < -0.39 is 18.1 Å². The Balaban J connectivity index is 1.77. The van der Waals surface area contributed by atoms with Gasteiger partial charge in [0.05, 0.1) is 13.1 Å². The van der Waals surface area contributed by atoms with Gasteiger partial charge in [-0.15, -0.1) is 0 Å². The minimum absolute atomic E-state index is 0.108. The number of carboxylic acid groups (broad SMARTS) is 1. The van der Waals surface area contributed by atoms with Crippen LogP contribution in [0, 0.1) is 0 Å². The summed E-state index contributed by atoms with van der Waals surface area (Å²) >= 11 is 0. The number of nitrogens with one attached hydrogen (secondary N) is 1. The van der Waals surface area contributed by atoms with Gasteiger partial charge in [0.25, 0.3) is 5.92 Å². The zero-order chi connectivity index (χ0) is 16.6. The van der Waals surface area contributed by atoms with Crippen molar-refractivity contribution >= 4 is 11.9 Å². The van der Waals surface area contributed by atoms with E-state index in [0.29, 0.717) is 11.4 Å². The third kappa shape index (κ3) is 3.20. The number of rotatable bonds is 4. The molecule has 0 radical (unpaired) electrons. The molecule has 1 fully saturated rings. The first-order valence-corrected chi connectivity index (χ1v) is 6.76. The summed E-state index contributed by atoms with van der Waals surface area (Å²) in [6.07, 6.45) is 0.262. The monoisotopic (exact) mass is 325 g/mol. The summed E-state index contributed by atoms with van der Waals surface area (Å²) in [5.41, 5.74) is 0.544. The second-order valence-electron chi connectivity index (χ2n) is 5.24. The molecule has 0 bridgehead atoms. The highest BCUT2D eigenvalue weighted by atomic mass is 19.3. The largest absolute Gasteiger partial charge is 0.465 e. The molecule has 0 aliphatic carbocycles. The van der Waals surface area contributed by atoms with E-state index in [1.165, 1.54) is 11.1 Å². The van der Waals surface area contributed by atoms with E-state index >= 15 is 0 Å². The molecule has 0 saturated carbocycles. The molecule has 10 heteroatoms. The summed E-state index contributed by atoms with van der Waals surface area (Å²) in [4.78, 5) is 20.2. The minimum atomic E-state index is -2.69. The molecule has 1 aliphatic rings. The van der Waals surface area contributed by atoms with E-state index in [9.17, 15) is 13.6 Å². The maximum absolute atomic E-state index is 12.9. The summed E-state index contributed by atoms with van der Waals surface area (Å²) in [6, 6.07) is 2.54. The van der Waals surface area contributed by atoms with Gasteiger partial charge in [-0.1, -0.05) is 5.16 Å². The molecule has 0 spiro atoms. The Morgan fingerprint density at radius 1 is 1.52 bits per heavy atom. The van der Waals surface area contributed by atoms with Gasteiger partial charge < -0.3 is 19.8 Å². The molecule has 3 rings (SSSR count). The van der Waals surface area contributed by atoms with Gasteiger partial charge in [0.1, 0.15) is 11.9 Å². The third-order valence-electron chi connectivity index (χ3n) is 3.32. The van der Waals surface area contributed by atoms with Crippen molar-refractivity contribution in [3.05, 3.63) is 24.2 Å². The molecule has 0 aromatic carbocycles. The maximum Gasteiger partial charge on any atom is 0.405 e. The SMILES string of the molecule is CC(NC(=O)O)c1nc(-c2ccnc(N3CC(F)(F)C3)c2)no1. The number of hydrogen-bond donors (Lipinski definition) is 2. The Labute approximate surface area is 129 Å². The van der Waals surface area contributed by atoms with Crippen molar-refractivity contribution < 1.29 is 23.2 Å². The van der Waals surface area contributed by atoms with E-state index in [1.54, 1.807) is 19.1 Å². The molecule has 1 amide bonds. The molecule has 2 aromatic heterocycles. The summed E-state index contributed by atoms with van der Waals surface area (Å²) in [7, 11) is 0. The van der Waals surface area contributed by atoms with Crippen LogP contribution in [0.1, 0.15) is 18.9 Å². The van der Waals surface area contributed by atoms with Crippen LogP contribution in [0.4, 0.5) is 19.4 Å². The Morgan fingerprint density at radius 2 is 2.26 bits per heavy atom. The van der Waals surface area contributed by atoms with Gasteiger partial charge in [-0.25, -0.2) is 18.6 Å². The summed E-state index contributed by atoms with van der Waals surface area (Å²) in [5, 5.41) is 14.6. The average Bonchev–Trinajstić information content (AvgIpc) is 2.94. The predicted octanol–water partition coefficient (Wildman–Crippen LogP) is 1.92. The van der Waals surface area contributed by atoms with E-state index in [-0.39, 0.29) is 24.8 Å². The molecule has 1 atom stereocenters. The van der Waals surface area contributed by atoms with Crippen LogP contribution >= 0.6 is 0 Å². The average molecular weight is 325 g/mol. The smallest absolute Gasteiger partial charge is 0.405 e. The predicted molar refractivity (Wildman–Crippen MR) is 74.3 cm³/mol. The number of aromatic nitrogens is 3. The van der Waals surface area contributed by atoms with Gasteiger partial charge in [-0.2, -0.15) is 4.98 Å². The number of carbonyl (C=O) groups is 1. The minimum Gasteiger partial charge on any atom is -0.465 e. The normalized spacial score (nSPS) is 17.4. The molecule has 1 aliphatic heterocycles. The van der Waals surface area contributed by atoms with Crippen molar-refractivity contribution in [3.63, 3.8) is 0 Å². The first-order chi connectivity index (χ1) is 10.8. The Bertz CT molecular complexity index is 728. The van der Waals surface area contributed by atoms with Crippen LogP contribution in [0.5, 0.6) is 0 Å². The standard InChI is InChI=1S/C13H13F2N5O3/c1-7(17-12(21)22)11-18-10(19-23-11)8-2-3-16-9(4-8)20-5-13(14,15)6-20/h2-4,7,17H,5-6H2,1H3,(H,21,22). The van der Waals surface area contributed by atoms with Crippen LogP contribution in [0.3, 0.4) is 0 Å². The molecule has 1 saturated heterocycles. The fourth-order valence-electron chi connectivity index (χ4n) is 2.18. The third-order valence-corrected chi connectivity index (χ3v) is 3.32. The van der Waals surface area contributed by atoms with E-state index in [1.807, 2.05) is 0 Å². The van der Waals surface area contributed by atoms with Gasteiger partial charge in [-0.3, -0.25) is 0 Å².